The van der Waals surface area contributed by atoms with E-state index in [0.717, 1.165) is 22.9 Å². The molecule has 120 valence electrons. The highest BCUT2D eigenvalue weighted by molar-refractivity contribution is 9.10. The van der Waals surface area contributed by atoms with Crippen LogP contribution in [0.1, 0.15) is 31.7 Å². The van der Waals surface area contributed by atoms with E-state index in [9.17, 15) is 9.59 Å². The van der Waals surface area contributed by atoms with Crippen molar-refractivity contribution in [1.82, 2.24) is 4.90 Å². The Morgan fingerprint density at radius 1 is 1.32 bits per heavy atom. The van der Waals surface area contributed by atoms with Gasteiger partial charge >= 0.3 is 5.97 Å². The number of carboxylic acids is 1. The lowest BCUT2D eigenvalue weighted by atomic mass is 9.92. The first kappa shape index (κ1) is 17.0. The van der Waals surface area contributed by atoms with Gasteiger partial charge in [-0.25, -0.2) is 0 Å². The summed E-state index contributed by atoms with van der Waals surface area (Å²) in [5.41, 5.74) is 1.14. The number of rotatable bonds is 5. The van der Waals surface area contributed by atoms with Crippen molar-refractivity contribution in [3.8, 4) is 0 Å². The summed E-state index contributed by atoms with van der Waals surface area (Å²) in [4.78, 5) is 25.5. The van der Waals surface area contributed by atoms with Gasteiger partial charge in [0, 0.05) is 23.5 Å². The minimum atomic E-state index is -0.743. The molecule has 1 aromatic rings. The summed E-state index contributed by atoms with van der Waals surface area (Å²) in [5.74, 6) is -0.929. The fourth-order valence-corrected chi connectivity index (χ4v) is 3.39. The average Bonchev–Trinajstić information content (AvgIpc) is 2.53. The molecule has 0 spiro atoms. The second kappa shape index (κ2) is 7.77. The van der Waals surface area contributed by atoms with Crippen LogP contribution in [0.2, 0.25) is 0 Å². The van der Waals surface area contributed by atoms with E-state index >= 15 is 0 Å². The Kier molecular flexibility index (Phi) is 6.00. The van der Waals surface area contributed by atoms with Gasteiger partial charge in [0.05, 0.1) is 5.92 Å². The second-order valence-electron chi connectivity index (χ2n) is 5.84. The highest BCUT2D eigenvalue weighted by Gasteiger charge is 2.30. The maximum atomic E-state index is 12.7. The zero-order valence-corrected chi connectivity index (χ0v) is 14.4. The predicted molar refractivity (Wildman–Crippen MR) is 88.6 cm³/mol. The Balaban J connectivity index is 1.98. The Labute approximate surface area is 139 Å². The number of aliphatic carboxylic acids is 1. The standard InChI is InChI=1S/C17H22BrNO3/c1-2-12(11-14-5-3-4-6-15(14)18)16(20)19-9-7-13(8-10-19)17(21)22/h3-6,12-13H,2,7-11H2,1H3,(H,21,22)/t12-/m1/s1. The number of benzene rings is 1. The van der Waals surface area contributed by atoms with Crippen LogP contribution >= 0.6 is 15.9 Å². The van der Waals surface area contributed by atoms with Gasteiger partial charge in [-0.05, 0) is 37.3 Å². The lowest BCUT2D eigenvalue weighted by Gasteiger charge is -2.32. The third kappa shape index (κ3) is 4.09. The van der Waals surface area contributed by atoms with Crippen LogP contribution in [0, 0.1) is 11.8 Å². The SMILES string of the molecule is CC[C@H](Cc1ccccc1Br)C(=O)N1CCC(C(=O)O)CC1. The summed E-state index contributed by atoms with van der Waals surface area (Å²) < 4.78 is 1.03. The molecule has 1 aliphatic heterocycles. The molecule has 1 atom stereocenters. The quantitative estimate of drug-likeness (QED) is 0.867. The molecule has 4 nitrogen and oxygen atoms in total. The Hall–Kier alpha value is -1.36. The van der Waals surface area contributed by atoms with Gasteiger partial charge in [0.1, 0.15) is 0 Å². The molecule has 1 heterocycles. The molecule has 1 aromatic carbocycles. The summed E-state index contributed by atoms with van der Waals surface area (Å²) in [5, 5.41) is 9.04. The van der Waals surface area contributed by atoms with Crippen LogP contribution in [0.3, 0.4) is 0 Å². The van der Waals surface area contributed by atoms with Crippen molar-refractivity contribution in [1.29, 1.82) is 0 Å². The number of carboxylic acid groups (broad SMARTS) is 1. The Bertz CT molecular complexity index is 538. The zero-order valence-electron chi connectivity index (χ0n) is 12.8. The van der Waals surface area contributed by atoms with Crippen LogP contribution in [0.25, 0.3) is 0 Å². The molecule has 0 aliphatic carbocycles. The molecule has 0 unspecified atom stereocenters. The number of carbonyl (C=O) groups excluding carboxylic acids is 1. The van der Waals surface area contributed by atoms with Gasteiger partial charge in [-0.1, -0.05) is 41.1 Å². The topological polar surface area (TPSA) is 57.6 Å². The fraction of sp³-hybridized carbons (Fsp3) is 0.529. The lowest BCUT2D eigenvalue weighted by Crippen LogP contribution is -2.43. The van der Waals surface area contributed by atoms with Gasteiger partial charge in [0.25, 0.3) is 0 Å². The van der Waals surface area contributed by atoms with Gasteiger partial charge in [-0.15, -0.1) is 0 Å². The number of hydrogen-bond acceptors (Lipinski definition) is 2. The van der Waals surface area contributed by atoms with Crippen LogP contribution in [-0.2, 0) is 16.0 Å². The zero-order chi connectivity index (χ0) is 16.1. The summed E-state index contributed by atoms with van der Waals surface area (Å²) in [6, 6.07) is 7.98. The number of likely N-dealkylation sites (tertiary alicyclic amines) is 1. The normalized spacial score (nSPS) is 17.3. The van der Waals surface area contributed by atoms with E-state index in [1.54, 1.807) is 0 Å². The molecule has 1 saturated heterocycles. The largest absolute Gasteiger partial charge is 0.481 e. The van der Waals surface area contributed by atoms with E-state index in [1.807, 2.05) is 36.1 Å². The van der Waals surface area contributed by atoms with Crippen molar-refractivity contribution in [3.05, 3.63) is 34.3 Å². The molecule has 22 heavy (non-hydrogen) atoms. The van der Waals surface area contributed by atoms with E-state index in [1.165, 1.54) is 0 Å². The average molecular weight is 368 g/mol. The third-order valence-corrected chi connectivity index (χ3v) is 5.20. The molecule has 0 saturated carbocycles. The highest BCUT2D eigenvalue weighted by atomic mass is 79.9. The van der Waals surface area contributed by atoms with Crippen LogP contribution < -0.4 is 0 Å². The van der Waals surface area contributed by atoms with Crippen molar-refractivity contribution >= 4 is 27.8 Å². The molecular weight excluding hydrogens is 346 g/mol. The van der Waals surface area contributed by atoms with E-state index in [4.69, 9.17) is 5.11 Å². The summed E-state index contributed by atoms with van der Waals surface area (Å²) in [6.45, 7) is 3.15. The van der Waals surface area contributed by atoms with Gasteiger partial charge < -0.3 is 10.0 Å². The summed E-state index contributed by atoms with van der Waals surface area (Å²) >= 11 is 3.53. The molecule has 0 radical (unpaired) electrons. The summed E-state index contributed by atoms with van der Waals surface area (Å²) in [6.07, 6.45) is 2.63. The maximum Gasteiger partial charge on any atom is 0.306 e. The minimum Gasteiger partial charge on any atom is -0.481 e. The second-order valence-corrected chi connectivity index (χ2v) is 6.69. The third-order valence-electron chi connectivity index (χ3n) is 4.42. The number of piperidine rings is 1. The van der Waals surface area contributed by atoms with Gasteiger partial charge in [0.15, 0.2) is 0 Å². The van der Waals surface area contributed by atoms with Crippen molar-refractivity contribution in [2.75, 3.05) is 13.1 Å². The van der Waals surface area contributed by atoms with Crippen LogP contribution in [0.5, 0.6) is 0 Å². The van der Waals surface area contributed by atoms with Crippen molar-refractivity contribution in [2.45, 2.75) is 32.6 Å². The van der Waals surface area contributed by atoms with Crippen LogP contribution in [0.15, 0.2) is 28.7 Å². The monoisotopic (exact) mass is 367 g/mol. The number of amides is 1. The molecule has 5 heteroatoms. The first-order valence-electron chi connectivity index (χ1n) is 7.78. The van der Waals surface area contributed by atoms with E-state index in [0.29, 0.717) is 25.9 Å². The molecule has 1 fully saturated rings. The molecule has 2 rings (SSSR count). The molecule has 1 amide bonds. The van der Waals surface area contributed by atoms with Crippen LogP contribution in [0.4, 0.5) is 0 Å². The van der Waals surface area contributed by atoms with Gasteiger partial charge in [-0.3, -0.25) is 9.59 Å². The predicted octanol–water partition coefficient (Wildman–Crippen LogP) is 3.34. The molecule has 1 aliphatic rings. The molecule has 0 bridgehead atoms. The molecule has 0 aromatic heterocycles. The van der Waals surface area contributed by atoms with Crippen LogP contribution in [-0.4, -0.2) is 35.0 Å². The Morgan fingerprint density at radius 2 is 1.95 bits per heavy atom. The smallest absolute Gasteiger partial charge is 0.306 e. The first-order chi connectivity index (χ1) is 10.5. The molecule has 1 N–H and O–H groups in total. The Morgan fingerprint density at radius 3 is 2.50 bits per heavy atom. The van der Waals surface area contributed by atoms with Crippen molar-refractivity contribution in [3.63, 3.8) is 0 Å². The van der Waals surface area contributed by atoms with E-state index in [-0.39, 0.29) is 17.7 Å². The number of carbonyl (C=O) groups is 2. The van der Waals surface area contributed by atoms with E-state index in [2.05, 4.69) is 15.9 Å². The summed E-state index contributed by atoms with van der Waals surface area (Å²) in [7, 11) is 0. The van der Waals surface area contributed by atoms with Crippen molar-refractivity contribution in [2.24, 2.45) is 11.8 Å². The van der Waals surface area contributed by atoms with E-state index < -0.39 is 5.97 Å². The fourth-order valence-electron chi connectivity index (χ4n) is 2.94. The van der Waals surface area contributed by atoms with Gasteiger partial charge in [-0.2, -0.15) is 0 Å². The number of hydrogen-bond donors (Lipinski definition) is 1. The number of halogens is 1. The van der Waals surface area contributed by atoms with Gasteiger partial charge in [0.2, 0.25) is 5.91 Å². The maximum absolute atomic E-state index is 12.7. The lowest BCUT2D eigenvalue weighted by molar-refractivity contribution is -0.146. The minimum absolute atomic E-state index is 0.0416. The molecular formula is C17H22BrNO3. The number of nitrogens with zero attached hydrogens (tertiary/aromatic N) is 1. The highest BCUT2D eigenvalue weighted by Crippen LogP contribution is 2.24. The first-order valence-corrected chi connectivity index (χ1v) is 8.57. The van der Waals surface area contributed by atoms with Crippen molar-refractivity contribution < 1.29 is 14.7 Å².